The summed E-state index contributed by atoms with van der Waals surface area (Å²) < 4.78 is 6.68. The lowest BCUT2D eigenvalue weighted by atomic mass is 10.2. The molecule has 0 spiro atoms. The number of ether oxygens (including phenoxy) is 1. The van der Waals surface area contributed by atoms with Crippen LogP contribution in [0.25, 0.3) is 0 Å². The van der Waals surface area contributed by atoms with Crippen LogP contribution in [-0.2, 0) is 11.3 Å². The third kappa shape index (κ3) is 3.46. The van der Waals surface area contributed by atoms with Crippen LogP contribution in [-0.4, -0.2) is 6.09 Å². The second kappa shape index (κ2) is 6.39. The number of halogens is 1. The summed E-state index contributed by atoms with van der Waals surface area (Å²) in [6.45, 7) is 0.284. The van der Waals surface area contributed by atoms with E-state index in [0.29, 0.717) is 0 Å². The Labute approximate surface area is 120 Å². The van der Waals surface area contributed by atoms with E-state index in [1.54, 1.807) is 0 Å². The Kier molecular flexibility index (Phi) is 4.58. The van der Waals surface area contributed by atoms with E-state index >= 15 is 0 Å². The van der Waals surface area contributed by atoms with Crippen molar-refractivity contribution in [3.05, 3.63) is 66.2 Å². The standard InChI is InChI=1S/C14H12INO2/c15-16(13-9-5-2-6-10-13)14(17)18-11-12-7-3-1-4-8-12/h1-10H,11H2. The van der Waals surface area contributed by atoms with E-state index in [4.69, 9.17) is 4.74 Å². The molecule has 1 amide bonds. The Bertz CT molecular complexity index is 502. The number of amides is 1. The van der Waals surface area contributed by atoms with Gasteiger partial charge >= 0.3 is 6.09 Å². The zero-order valence-corrected chi connectivity index (χ0v) is 11.8. The van der Waals surface area contributed by atoms with Gasteiger partial charge in [0.05, 0.1) is 28.6 Å². The number of benzene rings is 2. The Morgan fingerprint density at radius 2 is 1.56 bits per heavy atom. The fourth-order valence-corrected chi connectivity index (χ4v) is 1.90. The first kappa shape index (κ1) is 12.9. The molecule has 0 aliphatic rings. The minimum absolute atomic E-state index is 0.284. The topological polar surface area (TPSA) is 29.5 Å². The molecule has 0 unspecified atom stereocenters. The van der Waals surface area contributed by atoms with Gasteiger partial charge in [0.1, 0.15) is 6.61 Å². The summed E-state index contributed by atoms with van der Waals surface area (Å²) in [4.78, 5) is 11.8. The summed E-state index contributed by atoms with van der Waals surface area (Å²) in [6, 6.07) is 19.0. The second-order valence-corrected chi connectivity index (χ2v) is 4.62. The molecule has 4 heteroatoms. The summed E-state index contributed by atoms with van der Waals surface area (Å²) in [5.41, 5.74) is 1.78. The molecule has 0 saturated carbocycles. The van der Waals surface area contributed by atoms with Gasteiger partial charge in [0.15, 0.2) is 0 Å². The van der Waals surface area contributed by atoms with Crippen molar-refractivity contribution in [3.8, 4) is 0 Å². The molecule has 0 aromatic heterocycles. The summed E-state index contributed by atoms with van der Waals surface area (Å²) in [6.07, 6.45) is -0.370. The fourth-order valence-electron chi connectivity index (χ4n) is 1.44. The van der Waals surface area contributed by atoms with Gasteiger partial charge in [-0.05, 0) is 17.7 Å². The quantitative estimate of drug-likeness (QED) is 0.612. The maximum atomic E-state index is 11.8. The van der Waals surface area contributed by atoms with Gasteiger partial charge in [-0.2, -0.15) is 0 Å². The maximum absolute atomic E-state index is 11.8. The van der Waals surface area contributed by atoms with E-state index in [-0.39, 0.29) is 12.7 Å². The fraction of sp³-hybridized carbons (Fsp3) is 0.0714. The molecular weight excluding hydrogens is 341 g/mol. The molecule has 0 aliphatic heterocycles. The molecule has 0 aliphatic carbocycles. The van der Waals surface area contributed by atoms with Crippen LogP contribution in [0.1, 0.15) is 5.56 Å². The minimum atomic E-state index is -0.370. The summed E-state index contributed by atoms with van der Waals surface area (Å²) in [5.74, 6) is 0. The van der Waals surface area contributed by atoms with E-state index in [2.05, 4.69) is 0 Å². The van der Waals surface area contributed by atoms with Gasteiger partial charge < -0.3 is 4.74 Å². The first-order valence-corrected chi connectivity index (χ1v) is 6.45. The molecule has 0 radical (unpaired) electrons. The van der Waals surface area contributed by atoms with Crippen molar-refractivity contribution in [2.75, 3.05) is 3.11 Å². The van der Waals surface area contributed by atoms with Crippen molar-refractivity contribution in [1.82, 2.24) is 0 Å². The van der Waals surface area contributed by atoms with Crippen LogP contribution < -0.4 is 3.11 Å². The van der Waals surface area contributed by atoms with Gasteiger partial charge in [0.2, 0.25) is 0 Å². The predicted octanol–water partition coefficient (Wildman–Crippen LogP) is 4.18. The Hall–Kier alpha value is -1.56. The van der Waals surface area contributed by atoms with Crippen molar-refractivity contribution in [3.63, 3.8) is 0 Å². The van der Waals surface area contributed by atoms with E-state index in [1.807, 2.05) is 83.5 Å². The third-order valence-electron chi connectivity index (χ3n) is 2.35. The van der Waals surface area contributed by atoms with Crippen molar-refractivity contribution in [1.29, 1.82) is 0 Å². The SMILES string of the molecule is O=C(OCc1ccccc1)N(I)c1ccccc1. The molecule has 2 aromatic rings. The lowest BCUT2D eigenvalue weighted by molar-refractivity contribution is 0.152. The number of hydrogen-bond donors (Lipinski definition) is 0. The van der Waals surface area contributed by atoms with Crippen molar-refractivity contribution in [2.24, 2.45) is 0 Å². The van der Waals surface area contributed by atoms with E-state index in [1.165, 1.54) is 3.11 Å². The number of para-hydroxylation sites is 1. The molecule has 2 aromatic carbocycles. The highest BCUT2D eigenvalue weighted by molar-refractivity contribution is 14.1. The number of carbonyl (C=O) groups excluding carboxylic acids is 1. The van der Waals surface area contributed by atoms with Gasteiger partial charge in [-0.1, -0.05) is 48.5 Å². The Morgan fingerprint density at radius 1 is 1.00 bits per heavy atom. The highest BCUT2D eigenvalue weighted by Crippen LogP contribution is 2.19. The maximum Gasteiger partial charge on any atom is 0.423 e. The predicted molar refractivity (Wildman–Crippen MR) is 79.6 cm³/mol. The summed E-state index contributed by atoms with van der Waals surface area (Å²) >= 11 is 1.93. The van der Waals surface area contributed by atoms with Crippen LogP contribution in [0, 0.1) is 0 Å². The lowest BCUT2D eigenvalue weighted by Crippen LogP contribution is -2.20. The molecule has 92 valence electrons. The van der Waals surface area contributed by atoms with Crippen molar-refractivity contribution >= 4 is 34.6 Å². The number of rotatable bonds is 3. The Morgan fingerprint density at radius 3 is 2.17 bits per heavy atom. The van der Waals surface area contributed by atoms with E-state index in [0.717, 1.165) is 11.3 Å². The van der Waals surface area contributed by atoms with Gasteiger partial charge in [-0.15, -0.1) is 0 Å². The molecule has 18 heavy (non-hydrogen) atoms. The largest absolute Gasteiger partial charge is 0.444 e. The zero-order chi connectivity index (χ0) is 12.8. The van der Waals surface area contributed by atoms with Crippen LogP contribution >= 0.6 is 22.9 Å². The zero-order valence-electron chi connectivity index (χ0n) is 9.62. The van der Waals surface area contributed by atoms with E-state index < -0.39 is 0 Å². The van der Waals surface area contributed by atoms with Crippen molar-refractivity contribution < 1.29 is 9.53 Å². The third-order valence-corrected chi connectivity index (χ3v) is 3.30. The minimum Gasteiger partial charge on any atom is -0.444 e. The molecule has 0 heterocycles. The molecule has 0 N–H and O–H groups in total. The lowest BCUT2D eigenvalue weighted by Gasteiger charge is -2.14. The molecule has 0 saturated heterocycles. The van der Waals surface area contributed by atoms with Crippen LogP contribution in [0.15, 0.2) is 60.7 Å². The van der Waals surface area contributed by atoms with Gasteiger partial charge in [0, 0.05) is 0 Å². The smallest absolute Gasteiger partial charge is 0.423 e. The molecule has 0 atom stereocenters. The molecular formula is C14H12INO2. The average Bonchev–Trinajstić information content (AvgIpc) is 2.46. The monoisotopic (exact) mass is 353 g/mol. The van der Waals surface area contributed by atoms with Crippen LogP contribution in [0.5, 0.6) is 0 Å². The number of anilines is 1. The first-order valence-electron chi connectivity index (χ1n) is 5.49. The van der Waals surface area contributed by atoms with Crippen LogP contribution in [0.2, 0.25) is 0 Å². The molecule has 3 nitrogen and oxygen atoms in total. The summed E-state index contributed by atoms with van der Waals surface area (Å²) in [7, 11) is 0. The Balaban J connectivity index is 1.93. The highest BCUT2D eigenvalue weighted by Gasteiger charge is 2.13. The van der Waals surface area contributed by atoms with Gasteiger partial charge in [0.25, 0.3) is 0 Å². The molecule has 2 rings (SSSR count). The van der Waals surface area contributed by atoms with Crippen LogP contribution in [0.3, 0.4) is 0 Å². The summed E-state index contributed by atoms with van der Waals surface area (Å²) in [5, 5.41) is 0. The number of nitrogens with zero attached hydrogens (tertiary/aromatic N) is 1. The van der Waals surface area contributed by atoms with Crippen molar-refractivity contribution in [2.45, 2.75) is 6.61 Å². The van der Waals surface area contributed by atoms with Gasteiger partial charge in [-0.3, -0.25) is 0 Å². The second-order valence-electron chi connectivity index (χ2n) is 3.66. The van der Waals surface area contributed by atoms with Crippen LogP contribution in [0.4, 0.5) is 10.5 Å². The highest BCUT2D eigenvalue weighted by atomic mass is 127. The average molecular weight is 353 g/mol. The first-order chi connectivity index (χ1) is 8.77. The number of carbonyl (C=O) groups is 1. The van der Waals surface area contributed by atoms with E-state index in [9.17, 15) is 4.79 Å². The molecule has 0 fully saturated rings. The van der Waals surface area contributed by atoms with Gasteiger partial charge in [-0.25, -0.2) is 7.91 Å². The molecule has 0 bridgehead atoms. The normalized spacial score (nSPS) is 9.83. The number of hydrogen-bond acceptors (Lipinski definition) is 2.